The number of methoxy groups -OCH3 is 4. The first-order valence-corrected chi connectivity index (χ1v) is 4.31. The van der Waals surface area contributed by atoms with Crippen molar-refractivity contribution in [3.8, 4) is 0 Å². The highest BCUT2D eigenvalue weighted by atomic mass is 16.7. The van der Waals surface area contributed by atoms with Crippen LogP contribution in [0.15, 0.2) is 23.7 Å². The molecule has 1 aliphatic carbocycles. The molecule has 0 aromatic heterocycles. The molecular formula is C10H14O5. The molecule has 5 nitrogen and oxygen atoms in total. The molecule has 0 fully saturated rings. The summed E-state index contributed by atoms with van der Waals surface area (Å²) in [5, 5.41) is 0. The van der Waals surface area contributed by atoms with Crippen LogP contribution in [0, 0.1) is 0 Å². The van der Waals surface area contributed by atoms with Crippen molar-refractivity contribution in [3.63, 3.8) is 0 Å². The van der Waals surface area contributed by atoms with Crippen molar-refractivity contribution < 1.29 is 23.7 Å². The summed E-state index contributed by atoms with van der Waals surface area (Å²) in [5.74, 6) is -1.17. The Hall–Kier alpha value is -1.33. The molecule has 0 aromatic rings. The molecule has 0 aromatic carbocycles. The monoisotopic (exact) mass is 214 g/mol. The van der Waals surface area contributed by atoms with Crippen LogP contribution in [0.25, 0.3) is 0 Å². The van der Waals surface area contributed by atoms with Crippen molar-refractivity contribution in [3.05, 3.63) is 23.7 Å². The minimum atomic E-state index is -1.19. The van der Waals surface area contributed by atoms with Gasteiger partial charge in [-0.1, -0.05) is 0 Å². The van der Waals surface area contributed by atoms with Crippen LogP contribution in [-0.2, 0) is 23.7 Å². The Bertz CT molecular complexity index is 312. The predicted octanol–water partition coefficient (Wildman–Crippen LogP) is 0.619. The fourth-order valence-corrected chi connectivity index (χ4v) is 1.44. The van der Waals surface area contributed by atoms with E-state index >= 15 is 0 Å². The molecule has 0 aliphatic heterocycles. The Morgan fingerprint density at radius 1 is 1.07 bits per heavy atom. The average molecular weight is 214 g/mol. The average Bonchev–Trinajstić information content (AvgIpc) is 2.29. The zero-order valence-corrected chi connectivity index (χ0v) is 9.20. The van der Waals surface area contributed by atoms with E-state index in [-0.39, 0.29) is 17.3 Å². The molecule has 0 amide bonds. The van der Waals surface area contributed by atoms with Gasteiger partial charge in [-0.15, -0.1) is 0 Å². The van der Waals surface area contributed by atoms with Crippen LogP contribution < -0.4 is 0 Å². The Kier molecular flexibility index (Phi) is 3.49. The molecule has 0 radical (unpaired) electrons. The van der Waals surface area contributed by atoms with E-state index < -0.39 is 5.79 Å². The highest BCUT2D eigenvalue weighted by Crippen LogP contribution is 2.31. The van der Waals surface area contributed by atoms with E-state index in [0.29, 0.717) is 0 Å². The maximum absolute atomic E-state index is 11.5. The minimum Gasteiger partial charge on any atom is -0.492 e. The van der Waals surface area contributed by atoms with Crippen molar-refractivity contribution in [1.82, 2.24) is 0 Å². The predicted molar refractivity (Wildman–Crippen MR) is 51.9 cm³/mol. The lowest BCUT2D eigenvalue weighted by Gasteiger charge is -2.31. The maximum atomic E-state index is 11.5. The van der Waals surface area contributed by atoms with E-state index in [1.54, 1.807) is 0 Å². The quantitative estimate of drug-likeness (QED) is 0.642. The first kappa shape index (κ1) is 11.7. The van der Waals surface area contributed by atoms with Crippen molar-refractivity contribution in [1.29, 1.82) is 0 Å². The van der Waals surface area contributed by atoms with Gasteiger partial charge in [-0.05, 0) is 12.2 Å². The van der Waals surface area contributed by atoms with Crippen LogP contribution in [0.5, 0.6) is 0 Å². The van der Waals surface area contributed by atoms with Gasteiger partial charge in [-0.25, -0.2) is 0 Å². The van der Waals surface area contributed by atoms with Crippen LogP contribution >= 0.6 is 0 Å². The summed E-state index contributed by atoms with van der Waals surface area (Å²) in [6, 6.07) is 0. The molecule has 1 aliphatic rings. The lowest BCUT2D eigenvalue weighted by molar-refractivity contribution is -0.171. The van der Waals surface area contributed by atoms with Gasteiger partial charge in [0.2, 0.25) is 17.3 Å². The van der Waals surface area contributed by atoms with Gasteiger partial charge in [-0.2, -0.15) is 0 Å². The molecule has 0 N–H and O–H groups in total. The fraction of sp³-hybridized carbons (Fsp3) is 0.500. The van der Waals surface area contributed by atoms with Gasteiger partial charge in [0.15, 0.2) is 0 Å². The molecule has 0 bridgehead atoms. The first-order chi connectivity index (χ1) is 7.15. The van der Waals surface area contributed by atoms with Crippen LogP contribution in [0.1, 0.15) is 0 Å². The lowest BCUT2D eigenvalue weighted by Crippen LogP contribution is -2.39. The summed E-state index contributed by atoms with van der Waals surface area (Å²) < 4.78 is 20.4. The number of carbonyl (C=O) groups excluding carboxylic acids is 1. The Morgan fingerprint density at radius 2 is 1.67 bits per heavy atom. The van der Waals surface area contributed by atoms with Crippen molar-refractivity contribution in [2.45, 2.75) is 5.79 Å². The van der Waals surface area contributed by atoms with Gasteiger partial charge in [0.25, 0.3) is 5.79 Å². The van der Waals surface area contributed by atoms with Gasteiger partial charge in [0.05, 0.1) is 14.2 Å². The smallest absolute Gasteiger partial charge is 0.252 e. The lowest BCUT2D eigenvalue weighted by atomic mass is 10.0. The summed E-state index contributed by atoms with van der Waals surface area (Å²) in [4.78, 5) is 11.5. The van der Waals surface area contributed by atoms with Gasteiger partial charge < -0.3 is 18.9 Å². The third-order valence-corrected chi connectivity index (χ3v) is 2.22. The van der Waals surface area contributed by atoms with Crippen LogP contribution in [0.3, 0.4) is 0 Å². The van der Waals surface area contributed by atoms with E-state index in [1.807, 2.05) is 0 Å². The van der Waals surface area contributed by atoms with E-state index in [4.69, 9.17) is 18.9 Å². The first-order valence-electron chi connectivity index (χ1n) is 4.31. The van der Waals surface area contributed by atoms with Gasteiger partial charge in [0.1, 0.15) is 0 Å². The third kappa shape index (κ3) is 1.75. The summed E-state index contributed by atoms with van der Waals surface area (Å²) in [6.07, 6.45) is 2.81. The standard InChI is InChI=1S/C10H14O5/c1-12-8-7(11)5-6-10(14-3,15-4)9(8)13-2/h5-6H,1-4H3. The third-order valence-electron chi connectivity index (χ3n) is 2.22. The highest BCUT2D eigenvalue weighted by molar-refractivity contribution is 6.04. The van der Waals surface area contributed by atoms with Crippen LogP contribution in [-0.4, -0.2) is 40.0 Å². The second kappa shape index (κ2) is 4.46. The number of rotatable bonds is 4. The second-order valence-electron chi connectivity index (χ2n) is 2.84. The molecule has 1 rings (SSSR count). The summed E-state index contributed by atoms with van der Waals surface area (Å²) in [5.41, 5.74) is 0. The number of hydrogen-bond donors (Lipinski definition) is 0. The van der Waals surface area contributed by atoms with Crippen molar-refractivity contribution >= 4 is 5.78 Å². The van der Waals surface area contributed by atoms with Gasteiger partial charge >= 0.3 is 0 Å². The number of hydrogen-bond acceptors (Lipinski definition) is 5. The summed E-state index contributed by atoms with van der Waals surface area (Å²) >= 11 is 0. The number of ketones is 1. The molecule has 0 atom stereocenters. The zero-order valence-electron chi connectivity index (χ0n) is 9.20. The highest BCUT2D eigenvalue weighted by Gasteiger charge is 2.41. The Labute approximate surface area is 88.3 Å². The van der Waals surface area contributed by atoms with Crippen molar-refractivity contribution in [2.75, 3.05) is 28.4 Å². The summed E-state index contributed by atoms with van der Waals surface area (Å²) in [6.45, 7) is 0. The maximum Gasteiger partial charge on any atom is 0.252 e. The molecule has 5 heteroatoms. The van der Waals surface area contributed by atoms with Gasteiger partial charge in [-0.3, -0.25) is 4.79 Å². The SMILES string of the molecule is COC1=C(OC)C(OC)(OC)C=CC1=O. The van der Waals surface area contributed by atoms with E-state index in [0.717, 1.165) is 0 Å². The van der Waals surface area contributed by atoms with Crippen molar-refractivity contribution in [2.24, 2.45) is 0 Å². The van der Waals surface area contributed by atoms with E-state index in [2.05, 4.69) is 0 Å². The van der Waals surface area contributed by atoms with E-state index in [1.165, 1.54) is 40.6 Å². The normalized spacial score (nSPS) is 19.3. The topological polar surface area (TPSA) is 54.0 Å². The number of carbonyl (C=O) groups is 1. The van der Waals surface area contributed by atoms with Gasteiger partial charge in [0, 0.05) is 14.2 Å². The molecule has 84 valence electrons. The van der Waals surface area contributed by atoms with Crippen LogP contribution in [0.4, 0.5) is 0 Å². The minimum absolute atomic E-state index is 0.0868. The molecule has 0 spiro atoms. The largest absolute Gasteiger partial charge is 0.492 e. The molecule has 15 heavy (non-hydrogen) atoms. The fourth-order valence-electron chi connectivity index (χ4n) is 1.44. The molecule has 0 saturated heterocycles. The number of allylic oxidation sites excluding steroid dienone is 1. The van der Waals surface area contributed by atoms with E-state index in [9.17, 15) is 4.79 Å². The Morgan fingerprint density at radius 3 is 2.07 bits per heavy atom. The molecule has 0 heterocycles. The Balaban J connectivity index is 3.26. The molecule has 0 saturated carbocycles. The second-order valence-corrected chi connectivity index (χ2v) is 2.84. The number of ether oxygens (including phenoxy) is 4. The summed E-state index contributed by atoms with van der Waals surface area (Å²) in [7, 11) is 5.72. The molecular weight excluding hydrogens is 200 g/mol. The molecule has 0 unspecified atom stereocenters. The van der Waals surface area contributed by atoms with Crippen LogP contribution in [0.2, 0.25) is 0 Å². The zero-order chi connectivity index (χ0) is 11.5.